The Bertz CT molecular complexity index is 424. The highest BCUT2D eigenvalue weighted by Gasteiger charge is 2.22. The summed E-state index contributed by atoms with van der Waals surface area (Å²) in [6, 6.07) is 0.988. The van der Waals surface area contributed by atoms with E-state index in [9.17, 15) is 12.3 Å². The lowest BCUT2D eigenvalue weighted by Gasteiger charge is -2.00. The minimum atomic E-state index is -4.97. The van der Waals surface area contributed by atoms with Crippen LogP contribution >= 0.6 is 34.8 Å². The standard InChI is InChI=1S/C5HCl3FNO2S/c6-2-1-3(7)10-5(8)4(2)13(9,11)12/h1H. The topological polar surface area (TPSA) is 47.0 Å². The molecule has 0 unspecified atom stereocenters. The maximum atomic E-state index is 12.5. The molecule has 0 bridgehead atoms. The van der Waals surface area contributed by atoms with Gasteiger partial charge in [-0.2, -0.15) is 8.42 Å². The van der Waals surface area contributed by atoms with Gasteiger partial charge in [0.05, 0.1) is 5.02 Å². The van der Waals surface area contributed by atoms with Gasteiger partial charge in [0.25, 0.3) is 0 Å². The van der Waals surface area contributed by atoms with Crippen LogP contribution in [0.5, 0.6) is 0 Å². The summed E-state index contributed by atoms with van der Waals surface area (Å²) in [6.07, 6.45) is 0. The summed E-state index contributed by atoms with van der Waals surface area (Å²) < 4.78 is 33.4. The first-order valence-electron chi connectivity index (χ1n) is 2.78. The van der Waals surface area contributed by atoms with Crippen LogP contribution in [-0.2, 0) is 10.2 Å². The Morgan fingerprint density at radius 3 is 2.23 bits per heavy atom. The lowest BCUT2D eigenvalue weighted by Crippen LogP contribution is -1.96. The first-order chi connectivity index (χ1) is 5.82. The highest BCUT2D eigenvalue weighted by Crippen LogP contribution is 2.31. The third-order valence-electron chi connectivity index (χ3n) is 1.10. The van der Waals surface area contributed by atoms with Crippen LogP contribution in [0.15, 0.2) is 11.0 Å². The van der Waals surface area contributed by atoms with Gasteiger partial charge in [-0.05, 0) is 6.07 Å². The number of hydrogen-bond acceptors (Lipinski definition) is 3. The summed E-state index contributed by atoms with van der Waals surface area (Å²) in [7, 11) is -4.97. The van der Waals surface area contributed by atoms with Gasteiger partial charge >= 0.3 is 10.2 Å². The van der Waals surface area contributed by atoms with E-state index in [1.807, 2.05) is 0 Å². The molecule has 0 aromatic carbocycles. The lowest BCUT2D eigenvalue weighted by atomic mass is 10.5. The fourth-order valence-electron chi connectivity index (χ4n) is 0.663. The van der Waals surface area contributed by atoms with Gasteiger partial charge in [-0.1, -0.05) is 34.8 Å². The summed E-state index contributed by atoms with van der Waals surface area (Å²) in [5, 5.41) is -1.09. The Morgan fingerprint density at radius 1 is 1.31 bits per heavy atom. The summed E-state index contributed by atoms with van der Waals surface area (Å²) in [4.78, 5) is 2.47. The van der Waals surface area contributed by atoms with E-state index in [4.69, 9.17) is 34.8 Å². The van der Waals surface area contributed by atoms with E-state index in [2.05, 4.69) is 4.98 Å². The molecule has 0 aliphatic rings. The Hall–Kier alpha value is -0.100. The number of aromatic nitrogens is 1. The van der Waals surface area contributed by atoms with E-state index in [1.165, 1.54) is 0 Å². The number of nitrogens with zero attached hydrogens (tertiary/aromatic N) is 1. The molecular weight excluding hydrogens is 263 g/mol. The normalized spacial score (nSPS) is 11.7. The van der Waals surface area contributed by atoms with Crippen LogP contribution in [0.1, 0.15) is 0 Å². The quantitative estimate of drug-likeness (QED) is 0.579. The van der Waals surface area contributed by atoms with Crippen molar-refractivity contribution in [2.75, 3.05) is 0 Å². The molecule has 0 aliphatic heterocycles. The van der Waals surface area contributed by atoms with E-state index in [1.54, 1.807) is 0 Å². The van der Waals surface area contributed by atoms with Crippen LogP contribution in [-0.4, -0.2) is 13.4 Å². The Morgan fingerprint density at radius 2 is 1.85 bits per heavy atom. The first kappa shape index (κ1) is 11.0. The van der Waals surface area contributed by atoms with E-state index in [0.717, 1.165) is 6.07 Å². The highest BCUT2D eigenvalue weighted by atomic mass is 35.5. The molecule has 3 nitrogen and oxygen atoms in total. The van der Waals surface area contributed by atoms with Crippen molar-refractivity contribution >= 4 is 45.0 Å². The first-order valence-corrected chi connectivity index (χ1v) is 5.30. The second kappa shape index (κ2) is 3.57. The van der Waals surface area contributed by atoms with Gasteiger partial charge < -0.3 is 0 Å². The van der Waals surface area contributed by atoms with Gasteiger partial charge in [0.15, 0.2) is 10.0 Å². The fraction of sp³-hybridized carbons (Fsp3) is 0. The van der Waals surface area contributed by atoms with Crippen LogP contribution < -0.4 is 0 Å². The highest BCUT2D eigenvalue weighted by molar-refractivity contribution is 7.86. The largest absolute Gasteiger partial charge is 0.336 e. The van der Waals surface area contributed by atoms with Gasteiger partial charge in [0.1, 0.15) is 5.15 Å². The van der Waals surface area contributed by atoms with Crippen LogP contribution in [0.4, 0.5) is 3.89 Å². The molecular formula is C5HCl3FNO2S. The van der Waals surface area contributed by atoms with Crippen molar-refractivity contribution in [3.63, 3.8) is 0 Å². The third kappa shape index (κ3) is 2.43. The number of halogens is 4. The van der Waals surface area contributed by atoms with Gasteiger partial charge in [-0.15, -0.1) is 3.89 Å². The number of pyridine rings is 1. The molecule has 0 saturated heterocycles. The van der Waals surface area contributed by atoms with Crippen molar-refractivity contribution in [2.45, 2.75) is 4.90 Å². The van der Waals surface area contributed by atoms with E-state index in [0.29, 0.717) is 0 Å². The molecule has 0 aliphatic carbocycles. The Labute approximate surface area is 88.6 Å². The molecule has 0 fully saturated rings. The minimum absolute atomic E-state index is 0.109. The van der Waals surface area contributed by atoms with Crippen molar-refractivity contribution in [3.05, 3.63) is 21.4 Å². The molecule has 0 saturated carbocycles. The maximum absolute atomic E-state index is 12.5. The molecule has 8 heteroatoms. The lowest BCUT2D eigenvalue weighted by molar-refractivity contribution is 0.552. The van der Waals surface area contributed by atoms with Gasteiger partial charge in [0.2, 0.25) is 0 Å². The van der Waals surface area contributed by atoms with Crippen molar-refractivity contribution in [1.29, 1.82) is 0 Å². The monoisotopic (exact) mass is 263 g/mol. The predicted octanol–water partition coefficient (Wildman–Crippen LogP) is 2.70. The van der Waals surface area contributed by atoms with Crippen molar-refractivity contribution in [3.8, 4) is 0 Å². The van der Waals surface area contributed by atoms with Gasteiger partial charge in [-0.3, -0.25) is 0 Å². The summed E-state index contributed by atoms with van der Waals surface area (Å²) in [5.41, 5.74) is 0. The second-order valence-electron chi connectivity index (χ2n) is 1.98. The van der Waals surface area contributed by atoms with Gasteiger partial charge in [0, 0.05) is 0 Å². The maximum Gasteiger partial charge on any atom is 0.336 e. The Kier molecular flexibility index (Phi) is 3.01. The zero-order valence-corrected chi connectivity index (χ0v) is 8.85. The zero-order chi connectivity index (χ0) is 10.2. The van der Waals surface area contributed by atoms with Crippen LogP contribution in [0, 0.1) is 0 Å². The Balaban J connectivity index is 3.57. The third-order valence-corrected chi connectivity index (χ3v) is 2.99. The summed E-state index contributed by atoms with van der Waals surface area (Å²) in [5.74, 6) is 0. The zero-order valence-electron chi connectivity index (χ0n) is 5.76. The average molecular weight is 264 g/mol. The fourth-order valence-corrected chi connectivity index (χ4v) is 2.48. The molecule has 1 aromatic heterocycles. The molecule has 0 spiro atoms. The van der Waals surface area contributed by atoms with Crippen LogP contribution in [0.25, 0.3) is 0 Å². The molecule has 1 aromatic rings. The van der Waals surface area contributed by atoms with Gasteiger partial charge in [-0.25, -0.2) is 4.98 Å². The molecule has 72 valence electrons. The van der Waals surface area contributed by atoms with Crippen molar-refractivity contribution < 1.29 is 12.3 Å². The molecule has 1 rings (SSSR count). The van der Waals surface area contributed by atoms with Crippen molar-refractivity contribution in [2.24, 2.45) is 0 Å². The average Bonchev–Trinajstić information content (AvgIpc) is 1.78. The molecule has 0 radical (unpaired) electrons. The molecule has 0 N–H and O–H groups in total. The molecule has 1 heterocycles. The molecule has 0 atom stereocenters. The number of rotatable bonds is 1. The molecule has 13 heavy (non-hydrogen) atoms. The molecule has 0 amide bonds. The SMILES string of the molecule is O=S(=O)(F)c1c(Cl)cc(Cl)nc1Cl. The van der Waals surface area contributed by atoms with E-state index < -0.39 is 25.3 Å². The number of hydrogen-bond donors (Lipinski definition) is 0. The smallest absolute Gasteiger partial charge is 0.223 e. The van der Waals surface area contributed by atoms with Crippen LogP contribution in [0.3, 0.4) is 0 Å². The predicted molar refractivity (Wildman–Crippen MR) is 47.6 cm³/mol. The van der Waals surface area contributed by atoms with Crippen LogP contribution in [0.2, 0.25) is 15.3 Å². The summed E-state index contributed by atoms with van der Waals surface area (Å²) in [6.45, 7) is 0. The van der Waals surface area contributed by atoms with Crippen molar-refractivity contribution in [1.82, 2.24) is 4.98 Å². The minimum Gasteiger partial charge on any atom is -0.223 e. The van der Waals surface area contributed by atoms with E-state index in [-0.39, 0.29) is 5.15 Å². The van der Waals surface area contributed by atoms with E-state index >= 15 is 0 Å². The second-order valence-corrected chi connectivity index (χ2v) is 4.42. The summed E-state index contributed by atoms with van der Waals surface area (Å²) >= 11 is 16.1.